The number of hydrogen-bond acceptors (Lipinski definition) is 5. The van der Waals surface area contributed by atoms with E-state index >= 15 is 0 Å². The number of carbonyl (C=O) groups excluding carboxylic acids is 2. The summed E-state index contributed by atoms with van der Waals surface area (Å²) in [5.74, 6) is -1.82. The van der Waals surface area contributed by atoms with Crippen LogP contribution < -0.4 is 14.8 Å². The van der Waals surface area contributed by atoms with Gasteiger partial charge in [-0.05, 0) is 49.7 Å². The van der Waals surface area contributed by atoms with Crippen LogP contribution in [-0.4, -0.2) is 56.2 Å². The summed E-state index contributed by atoms with van der Waals surface area (Å²) >= 11 is 0. The number of rotatable bonds is 8. The molecule has 0 unspecified atom stereocenters. The molecule has 7 nitrogen and oxygen atoms in total. The van der Waals surface area contributed by atoms with E-state index in [2.05, 4.69) is 5.32 Å². The van der Waals surface area contributed by atoms with E-state index in [9.17, 15) is 18.4 Å². The number of nitrogens with one attached hydrogen (secondary N) is 1. The van der Waals surface area contributed by atoms with Gasteiger partial charge in [-0.2, -0.15) is 0 Å². The lowest BCUT2D eigenvalue weighted by Gasteiger charge is -2.26. The van der Waals surface area contributed by atoms with Gasteiger partial charge in [-0.25, -0.2) is 8.78 Å². The standard InChI is InChI=1S/C23H26F2N2O5/c1-3-31-21-13-17(23(29)26-15(2)16-4-6-18(24)19(25)12-16)5-7-20(21)32-14-22(28)27-8-10-30-11-9-27/h4-7,12-13,15H,3,8-11,14H2,1-2H3,(H,26,29)/t15-/m1/s1. The van der Waals surface area contributed by atoms with Crippen LogP contribution in [-0.2, 0) is 9.53 Å². The molecule has 1 aliphatic rings. The highest BCUT2D eigenvalue weighted by Gasteiger charge is 2.19. The summed E-state index contributed by atoms with van der Waals surface area (Å²) in [7, 11) is 0. The SMILES string of the molecule is CCOc1cc(C(=O)N[C@H](C)c2ccc(F)c(F)c2)ccc1OCC(=O)N1CCOCC1. The summed E-state index contributed by atoms with van der Waals surface area (Å²) in [6, 6.07) is 7.57. The van der Waals surface area contributed by atoms with Gasteiger partial charge in [0.05, 0.1) is 25.9 Å². The maximum Gasteiger partial charge on any atom is 0.260 e. The number of morpholine rings is 1. The highest BCUT2D eigenvalue weighted by atomic mass is 19.2. The van der Waals surface area contributed by atoms with E-state index in [1.54, 1.807) is 30.9 Å². The van der Waals surface area contributed by atoms with Gasteiger partial charge in [0.1, 0.15) is 0 Å². The second-order valence-corrected chi connectivity index (χ2v) is 7.25. The van der Waals surface area contributed by atoms with Crippen molar-refractivity contribution in [3.63, 3.8) is 0 Å². The summed E-state index contributed by atoms with van der Waals surface area (Å²) in [6.07, 6.45) is 0. The van der Waals surface area contributed by atoms with Gasteiger partial charge >= 0.3 is 0 Å². The number of benzene rings is 2. The molecule has 9 heteroatoms. The number of carbonyl (C=O) groups is 2. The minimum absolute atomic E-state index is 0.154. The zero-order valence-corrected chi connectivity index (χ0v) is 18.0. The average Bonchev–Trinajstić information content (AvgIpc) is 2.80. The van der Waals surface area contributed by atoms with Gasteiger partial charge in [0, 0.05) is 18.7 Å². The van der Waals surface area contributed by atoms with Crippen molar-refractivity contribution >= 4 is 11.8 Å². The Morgan fingerprint density at radius 1 is 1.06 bits per heavy atom. The molecule has 0 radical (unpaired) electrons. The summed E-state index contributed by atoms with van der Waals surface area (Å²) in [5, 5.41) is 2.74. The van der Waals surface area contributed by atoms with Crippen LogP contribution in [0.2, 0.25) is 0 Å². The molecule has 0 aliphatic carbocycles. The zero-order chi connectivity index (χ0) is 23.1. The Morgan fingerprint density at radius 3 is 2.50 bits per heavy atom. The van der Waals surface area contributed by atoms with E-state index in [1.165, 1.54) is 12.1 Å². The molecule has 32 heavy (non-hydrogen) atoms. The Morgan fingerprint density at radius 2 is 1.81 bits per heavy atom. The van der Waals surface area contributed by atoms with Crippen molar-refractivity contribution in [2.24, 2.45) is 0 Å². The van der Waals surface area contributed by atoms with E-state index in [0.29, 0.717) is 55.5 Å². The Kier molecular flexibility index (Phi) is 7.99. The summed E-state index contributed by atoms with van der Waals surface area (Å²) in [4.78, 5) is 26.7. The summed E-state index contributed by atoms with van der Waals surface area (Å²) in [5.41, 5.74) is 0.735. The van der Waals surface area contributed by atoms with Crippen LogP contribution >= 0.6 is 0 Å². The average molecular weight is 448 g/mol. The van der Waals surface area contributed by atoms with E-state index in [1.807, 2.05) is 0 Å². The molecule has 1 heterocycles. The van der Waals surface area contributed by atoms with Crippen LogP contribution in [0.3, 0.4) is 0 Å². The second kappa shape index (κ2) is 10.9. The number of amides is 2. The maximum absolute atomic E-state index is 13.5. The Labute approximate surface area is 185 Å². The molecule has 2 aromatic rings. The van der Waals surface area contributed by atoms with Crippen molar-refractivity contribution in [1.82, 2.24) is 10.2 Å². The predicted molar refractivity (Wildman–Crippen MR) is 113 cm³/mol. The van der Waals surface area contributed by atoms with Gasteiger partial charge in [-0.3, -0.25) is 9.59 Å². The van der Waals surface area contributed by atoms with Crippen LogP contribution in [0.1, 0.15) is 35.8 Å². The first kappa shape index (κ1) is 23.5. The first-order valence-corrected chi connectivity index (χ1v) is 10.4. The Bertz CT molecular complexity index is 963. The quantitative estimate of drug-likeness (QED) is 0.672. The molecule has 0 bridgehead atoms. The molecule has 1 fully saturated rings. The molecule has 2 aromatic carbocycles. The molecule has 1 atom stereocenters. The molecule has 2 amide bonds. The van der Waals surface area contributed by atoms with Gasteiger partial charge in [-0.1, -0.05) is 6.07 Å². The lowest BCUT2D eigenvalue weighted by Crippen LogP contribution is -2.43. The molecule has 1 saturated heterocycles. The van der Waals surface area contributed by atoms with Gasteiger partial charge in [0.2, 0.25) is 0 Å². The largest absolute Gasteiger partial charge is 0.490 e. The minimum atomic E-state index is -0.977. The van der Waals surface area contributed by atoms with Crippen molar-refractivity contribution < 1.29 is 32.6 Å². The molecular formula is C23H26F2N2O5. The van der Waals surface area contributed by atoms with Gasteiger partial charge in [0.15, 0.2) is 29.7 Å². The van der Waals surface area contributed by atoms with Crippen molar-refractivity contribution in [1.29, 1.82) is 0 Å². The van der Waals surface area contributed by atoms with E-state index in [4.69, 9.17) is 14.2 Å². The first-order valence-electron chi connectivity index (χ1n) is 10.4. The Balaban J connectivity index is 1.66. The van der Waals surface area contributed by atoms with Crippen LogP contribution in [0.5, 0.6) is 11.5 Å². The van der Waals surface area contributed by atoms with E-state index in [-0.39, 0.29) is 12.5 Å². The minimum Gasteiger partial charge on any atom is -0.490 e. The third-order valence-electron chi connectivity index (χ3n) is 5.01. The van der Waals surface area contributed by atoms with Gasteiger partial charge < -0.3 is 24.4 Å². The van der Waals surface area contributed by atoms with E-state index < -0.39 is 23.6 Å². The topological polar surface area (TPSA) is 77.1 Å². The maximum atomic E-state index is 13.5. The molecular weight excluding hydrogens is 422 g/mol. The molecule has 1 N–H and O–H groups in total. The lowest BCUT2D eigenvalue weighted by molar-refractivity contribution is -0.137. The monoisotopic (exact) mass is 448 g/mol. The molecule has 0 aromatic heterocycles. The van der Waals surface area contributed by atoms with Crippen molar-refractivity contribution in [2.45, 2.75) is 19.9 Å². The van der Waals surface area contributed by atoms with Crippen LogP contribution in [0.4, 0.5) is 8.78 Å². The molecule has 3 rings (SSSR count). The number of hydrogen-bond donors (Lipinski definition) is 1. The normalized spacial score (nSPS) is 14.6. The predicted octanol–water partition coefficient (Wildman–Crippen LogP) is 3.09. The molecule has 0 saturated carbocycles. The van der Waals surface area contributed by atoms with Crippen LogP contribution in [0, 0.1) is 11.6 Å². The molecule has 172 valence electrons. The number of nitrogens with zero attached hydrogens (tertiary/aromatic N) is 1. The second-order valence-electron chi connectivity index (χ2n) is 7.25. The fraction of sp³-hybridized carbons (Fsp3) is 0.391. The van der Waals surface area contributed by atoms with Crippen molar-refractivity contribution in [3.8, 4) is 11.5 Å². The van der Waals surface area contributed by atoms with Crippen LogP contribution in [0.25, 0.3) is 0 Å². The highest BCUT2D eigenvalue weighted by Crippen LogP contribution is 2.29. The van der Waals surface area contributed by atoms with E-state index in [0.717, 1.165) is 12.1 Å². The lowest BCUT2D eigenvalue weighted by atomic mass is 10.1. The summed E-state index contributed by atoms with van der Waals surface area (Å²) < 4.78 is 43.1. The fourth-order valence-corrected chi connectivity index (χ4v) is 3.23. The number of halogens is 2. The molecule has 1 aliphatic heterocycles. The summed E-state index contributed by atoms with van der Waals surface area (Å²) in [6.45, 7) is 5.70. The number of ether oxygens (including phenoxy) is 3. The van der Waals surface area contributed by atoms with Crippen LogP contribution in [0.15, 0.2) is 36.4 Å². The fourth-order valence-electron chi connectivity index (χ4n) is 3.23. The first-order chi connectivity index (χ1) is 15.4. The zero-order valence-electron chi connectivity index (χ0n) is 18.0. The highest BCUT2D eigenvalue weighted by molar-refractivity contribution is 5.95. The van der Waals surface area contributed by atoms with Gasteiger partial charge in [-0.15, -0.1) is 0 Å². The third-order valence-corrected chi connectivity index (χ3v) is 5.01. The van der Waals surface area contributed by atoms with Crippen molar-refractivity contribution in [3.05, 3.63) is 59.2 Å². The van der Waals surface area contributed by atoms with Crippen molar-refractivity contribution in [2.75, 3.05) is 39.5 Å². The van der Waals surface area contributed by atoms with Gasteiger partial charge in [0.25, 0.3) is 11.8 Å². The third kappa shape index (κ3) is 5.94. The molecule has 0 spiro atoms. The smallest absolute Gasteiger partial charge is 0.260 e. The Hall–Kier alpha value is -3.20.